The zero-order chi connectivity index (χ0) is 14.6. The minimum atomic E-state index is 0.159. The van der Waals surface area contributed by atoms with Gasteiger partial charge < -0.3 is 10.6 Å². The highest BCUT2D eigenvalue weighted by Gasteiger charge is 2.43. The van der Waals surface area contributed by atoms with Gasteiger partial charge in [-0.15, -0.1) is 0 Å². The van der Waals surface area contributed by atoms with Gasteiger partial charge in [-0.1, -0.05) is 0 Å². The molecule has 2 bridgehead atoms. The zero-order valence-electron chi connectivity index (χ0n) is 12.2. The monoisotopic (exact) mass is 284 g/mol. The van der Waals surface area contributed by atoms with Crippen LogP contribution >= 0.6 is 0 Å². The molecule has 1 aromatic carbocycles. The maximum absolute atomic E-state index is 12.6. The number of H-pyrrole nitrogens is 1. The van der Waals surface area contributed by atoms with Gasteiger partial charge in [-0.3, -0.25) is 9.89 Å². The number of nitrogens with zero attached hydrogens (tertiary/aromatic N) is 2. The van der Waals surface area contributed by atoms with E-state index in [0.717, 1.165) is 23.9 Å². The number of fused-ring (bicyclic) bond motifs is 3. The summed E-state index contributed by atoms with van der Waals surface area (Å²) in [5.41, 5.74) is 7.85. The molecule has 21 heavy (non-hydrogen) atoms. The molecule has 0 radical (unpaired) electrons. The molecule has 2 aliphatic rings. The molecule has 0 amide bonds. The number of aromatic amines is 1. The molecule has 1 saturated carbocycles. The summed E-state index contributed by atoms with van der Waals surface area (Å²) in [5, 5.41) is 8.02. The van der Waals surface area contributed by atoms with Crippen LogP contribution in [0.4, 0.5) is 5.69 Å². The van der Waals surface area contributed by atoms with Crippen LogP contribution in [0.25, 0.3) is 10.9 Å². The highest BCUT2D eigenvalue weighted by atomic mass is 16.1. The van der Waals surface area contributed by atoms with E-state index in [1.54, 1.807) is 0 Å². The molecule has 1 aromatic heterocycles. The smallest absolute Gasteiger partial charge is 0.183 e. The SMILES string of the molecule is CN1CC2CC1CC2CC(=O)c1n[nH]c2cc(N)ccc12. The molecule has 4 rings (SSSR count). The number of ketones is 1. The minimum absolute atomic E-state index is 0.159. The van der Waals surface area contributed by atoms with Gasteiger partial charge in [0, 0.05) is 30.1 Å². The second-order valence-corrected chi connectivity index (χ2v) is 6.59. The molecular formula is C16H20N4O. The Kier molecular flexibility index (Phi) is 2.79. The van der Waals surface area contributed by atoms with E-state index in [1.165, 1.54) is 6.42 Å². The van der Waals surface area contributed by atoms with E-state index >= 15 is 0 Å². The number of anilines is 1. The van der Waals surface area contributed by atoms with E-state index < -0.39 is 0 Å². The van der Waals surface area contributed by atoms with Crippen molar-refractivity contribution in [1.29, 1.82) is 0 Å². The van der Waals surface area contributed by atoms with E-state index in [1.807, 2.05) is 18.2 Å². The predicted molar refractivity (Wildman–Crippen MR) is 82.1 cm³/mol. The predicted octanol–water partition coefficient (Wildman–Crippen LogP) is 2.06. The maximum atomic E-state index is 12.6. The van der Waals surface area contributed by atoms with Crippen molar-refractivity contribution in [2.45, 2.75) is 25.3 Å². The van der Waals surface area contributed by atoms with Gasteiger partial charge in [0.2, 0.25) is 0 Å². The average molecular weight is 284 g/mol. The zero-order valence-corrected chi connectivity index (χ0v) is 12.2. The van der Waals surface area contributed by atoms with Gasteiger partial charge in [0.15, 0.2) is 5.78 Å². The van der Waals surface area contributed by atoms with Crippen molar-refractivity contribution in [2.75, 3.05) is 19.3 Å². The first-order valence-electron chi connectivity index (χ1n) is 7.59. The standard InChI is InChI=1S/C16H20N4O/c1-20-8-10-5-12(20)4-9(10)6-15(21)16-13-3-2-11(17)7-14(13)18-19-16/h2-3,7,9-10,12H,4-6,8,17H2,1H3,(H,18,19). The molecule has 2 heterocycles. The van der Waals surface area contributed by atoms with Crippen LogP contribution in [0.3, 0.4) is 0 Å². The van der Waals surface area contributed by atoms with Crippen LogP contribution in [-0.2, 0) is 0 Å². The van der Waals surface area contributed by atoms with Crippen molar-refractivity contribution in [3.63, 3.8) is 0 Å². The third kappa shape index (κ3) is 2.03. The molecule has 1 aliphatic heterocycles. The molecular weight excluding hydrogens is 264 g/mol. The number of Topliss-reactive ketones (excluding diaryl/α,β-unsaturated/α-hetero) is 1. The number of hydrogen-bond donors (Lipinski definition) is 2. The summed E-state index contributed by atoms with van der Waals surface area (Å²) in [7, 11) is 2.19. The second kappa shape index (κ2) is 4.56. The van der Waals surface area contributed by atoms with Crippen LogP contribution in [0.1, 0.15) is 29.8 Å². The minimum Gasteiger partial charge on any atom is -0.399 e. The number of carbonyl (C=O) groups excluding carboxylic acids is 1. The van der Waals surface area contributed by atoms with E-state index in [4.69, 9.17) is 5.73 Å². The number of nitrogen functional groups attached to an aromatic ring is 1. The van der Waals surface area contributed by atoms with E-state index in [-0.39, 0.29) is 5.78 Å². The van der Waals surface area contributed by atoms with Gasteiger partial charge >= 0.3 is 0 Å². The Bertz CT molecular complexity index is 705. The molecule has 1 aliphatic carbocycles. The first-order valence-corrected chi connectivity index (χ1v) is 7.59. The summed E-state index contributed by atoms with van der Waals surface area (Å²) in [6.07, 6.45) is 3.04. The van der Waals surface area contributed by atoms with Crippen LogP contribution in [0, 0.1) is 11.8 Å². The largest absolute Gasteiger partial charge is 0.399 e. The van der Waals surface area contributed by atoms with Gasteiger partial charge in [-0.2, -0.15) is 5.10 Å². The second-order valence-electron chi connectivity index (χ2n) is 6.59. The van der Waals surface area contributed by atoms with Gasteiger partial charge in [-0.25, -0.2) is 0 Å². The normalized spacial score (nSPS) is 28.5. The Morgan fingerprint density at radius 1 is 1.48 bits per heavy atom. The molecule has 5 nitrogen and oxygen atoms in total. The van der Waals surface area contributed by atoms with Crippen molar-refractivity contribution < 1.29 is 4.79 Å². The van der Waals surface area contributed by atoms with E-state index in [2.05, 4.69) is 22.1 Å². The fourth-order valence-corrected chi connectivity index (χ4v) is 4.12. The lowest BCUT2D eigenvalue weighted by molar-refractivity contribution is 0.0927. The molecule has 2 fully saturated rings. The highest BCUT2D eigenvalue weighted by Crippen LogP contribution is 2.43. The third-order valence-corrected chi connectivity index (χ3v) is 5.26. The summed E-state index contributed by atoms with van der Waals surface area (Å²) >= 11 is 0. The summed E-state index contributed by atoms with van der Waals surface area (Å²) < 4.78 is 0. The van der Waals surface area contributed by atoms with Crippen LogP contribution in [0.15, 0.2) is 18.2 Å². The van der Waals surface area contributed by atoms with Crippen molar-refractivity contribution in [2.24, 2.45) is 11.8 Å². The highest BCUT2D eigenvalue weighted by molar-refractivity contribution is 6.06. The fourth-order valence-electron chi connectivity index (χ4n) is 4.12. The molecule has 3 atom stereocenters. The lowest BCUT2D eigenvalue weighted by Crippen LogP contribution is -2.32. The number of aromatic nitrogens is 2. The van der Waals surface area contributed by atoms with Crippen molar-refractivity contribution >= 4 is 22.4 Å². The summed E-state index contributed by atoms with van der Waals surface area (Å²) in [5.74, 6) is 1.37. The molecule has 5 heteroatoms. The lowest BCUT2D eigenvalue weighted by atomic mass is 9.89. The number of piperidine rings is 1. The molecule has 2 aromatic rings. The topological polar surface area (TPSA) is 75.0 Å². The van der Waals surface area contributed by atoms with E-state index in [0.29, 0.717) is 35.7 Å². The number of hydrogen-bond acceptors (Lipinski definition) is 4. The van der Waals surface area contributed by atoms with Crippen molar-refractivity contribution in [3.05, 3.63) is 23.9 Å². The Hall–Kier alpha value is -1.88. The van der Waals surface area contributed by atoms with Gasteiger partial charge in [-0.05, 0) is 49.9 Å². The number of rotatable bonds is 3. The van der Waals surface area contributed by atoms with Crippen LogP contribution < -0.4 is 5.73 Å². The van der Waals surface area contributed by atoms with Gasteiger partial charge in [0.25, 0.3) is 0 Å². The first-order chi connectivity index (χ1) is 10.1. The number of likely N-dealkylation sites (tertiary alicyclic amines) is 1. The molecule has 1 saturated heterocycles. The summed E-state index contributed by atoms with van der Waals surface area (Å²) in [6, 6.07) is 6.21. The first kappa shape index (κ1) is 12.8. The van der Waals surface area contributed by atoms with Gasteiger partial charge in [0.1, 0.15) is 5.69 Å². The van der Waals surface area contributed by atoms with Crippen LogP contribution in [0.2, 0.25) is 0 Å². The number of benzene rings is 1. The quantitative estimate of drug-likeness (QED) is 0.668. The summed E-state index contributed by atoms with van der Waals surface area (Å²) in [6.45, 7) is 1.14. The molecule has 3 N–H and O–H groups in total. The van der Waals surface area contributed by atoms with Crippen LogP contribution in [-0.4, -0.2) is 40.5 Å². The number of nitrogens with two attached hydrogens (primary N) is 1. The Morgan fingerprint density at radius 2 is 2.33 bits per heavy atom. The Labute approximate surface area is 123 Å². The Morgan fingerprint density at radius 3 is 3.05 bits per heavy atom. The number of carbonyl (C=O) groups is 1. The fraction of sp³-hybridized carbons (Fsp3) is 0.500. The summed E-state index contributed by atoms with van der Waals surface area (Å²) in [4.78, 5) is 15.0. The number of nitrogens with one attached hydrogen (secondary N) is 1. The average Bonchev–Trinajstić information content (AvgIpc) is 3.11. The van der Waals surface area contributed by atoms with Crippen LogP contribution in [0.5, 0.6) is 0 Å². The lowest BCUT2D eigenvalue weighted by Gasteiger charge is -2.27. The van der Waals surface area contributed by atoms with Gasteiger partial charge in [0.05, 0.1) is 5.52 Å². The van der Waals surface area contributed by atoms with Crippen molar-refractivity contribution in [3.8, 4) is 0 Å². The molecule has 110 valence electrons. The molecule has 0 spiro atoms. The Balaban J connectivity index is 1.55. The van der Waals surface area contributed by atoms with E-state index in [9.17, 15) is 4.79 Å². The maximum Gasteiger partial charge on any atom is 0.183 e. The third-order valence-electron chi connectivity index (χ3n) is 5.26. The molecule has 3 unspecified atom stereocenters. The van der Waals surface area contributed by atoms with Crippen molar-refractivity contribution in [1.82, 2.24) is 15.1 Å².